The summed E-state index contributed by atoms with van der Waals surface area (Å²) in [6, 6.07) is 1.75. The topological polar surface area (TPSA) is 9.72 Å². The maximum absolute atomic E-state index is 2.88. The van der Waals surface area contributed by atoms with Gasteiger partial charge in [-0.15, -0.1) is 0 Å². The van der Waals surface area contributed by atoms with Crippen LogP contribution in [-0.4, -0.2) is 73.1 Å². The van der Waals surface area contributed by atoms with E-state index in [2.05, 4.69) is 28.7 Å². The molecule has 0 amide bonds. The Morgan fingerprint density at radius 3 is 2.05 bits per heavy atom. The lowest BCUT2D eigenvalue weighted by atomic mass is 9.97. The van der Waals surface area contributed by atoms with Crippen molar-refractivity contribution >= 4 is 0 Å². The lowest BCUT2D eigenvalue weighted by Gasteiger charge is -2.43. The van der Waals surface area contributed by atoms with Gasteiger partial charge in [0.25, 0.3) is 0 Å². The van der Waals surface area contributed by atoms with Gasteiger partial charge in [0.1, 0.15) is 0 Å². The minimum atomic E-state index is 0.846. The van der Waals surface area contributed by atoms with Crippen LogP contribution in [0.3, 0.4) is 0 Å². The van der Waals surface area contributed by atoms with Gasteiger partial charge in [-0.2, -0.15) is 0 Å². The Kier molecular flexibility index (Phi) is 4.49. The van der Waals surface area contributed by atoms with Crippen molar-refractivity contribution < 1.29 is 0 Å². The van der Waals surface area contributed by atoms with Crippen molar-refractivity contribution in [3.8, 4) is 0 Å². The highest BCUT2D eigenvalue weighted by molar-refractivity contribution is 4.95. The van der Waals surface area contributed by atoms with E-state index in [0.29, 0.717) is 0 Å². The van der Waals surface area contributed by atoms with Crippen LogP contribution in [0.15, 0.2) is 0 Å². The maximum Gasteiger partial charge on any atom is 0.0223 e. The van der Waals surface area contributed by atoms with Crippen LogP contribution in [0, 0.1) is 17.8 Å². The van der Waals surface area contributed by atoms with Crippen molar-refractivity contribution in [3.63, 3.8) is 0 Å². The van der Waals surface area contributed by atoms with Gasteiger partial charge < -0.3 is 4.90 Å². The van der Waals surface area contributed by atoms with Gasteiger partial charge in [0.05, 0.1) is 0 Å². The van der Waals surface area contributed by atoms with Crippen LogP contribution in [0.4, 0.5) is 0 Å². The lowest BCUT2D eigenvalue weighted by molar-refractivity contribution is 0.0591. The van der Waals surface area contributed by atoms with Crippen LogP contribution in [-0.2, 0) is 0 Å². The summed E-state index contributed by atoms with van der Waals surface area (Å²) in [5.41, 5.74) is 0. The van der Waals surface area contributed by atoms with Crippen molar-refractivity contribution in [1.29, 1.82) is 0 Å². The summed E-state index contributed by atoms with van der Waals surface area (Å²) in [5.74, 6) is 3.09. The lowest BCUT2D eigenvalue weighted by Crippen LogP contribution is -2.52. The predicted octanol–water partition coefficient (Wildman–Crippen LogP) is 2.52. The molecule has 0 N–H and O–H groups in total. The first-order valence-electron chi connectivity index (χ1n) is 9.85. The summed E-state index contributed by atoms with van der Waals surface area (Å²) in [6.45, 7) is 10.6. The molecule has 3 atom stereocenters. The van der Waals surface area contributed by atoms with Gasteiger partial charge >= 0.3 is 0 Å². The SMILES string of the molecule is CC1CC2CN(C3CCN(C4CCCN(C)C4)CC3)CC2C1. The quantitative estimate of drug-likeness (QED) is 0.776. The predicted molar refractivity (Wildman–Crippen MR) is 92.1 cm³/mol. The summed E-state index contributed by atoms with van der Waals surface area (Å²) in [6.07, 6.45) is 8.70. The van der Waals surface area contributed by atoms with Crippen molar-refractivity contribution in [2.45, 2.75) is 57.5 Å². The molecular formula is C19H35N3. The first kappa shape index (κ1) is 15.4. The highest BCUT2D eigenvalue weighted by Crippen LogP contribution is 2.42. The molecule has 3 aliphatic heterocycles. The molecule has 22 heavy (non-hydrogen) atoms. The molecule has 3 unspecified atom stereocenters. The van der Waals surface area contributed by atoms with Crippen molar-refractivity contribution in [1.82, 2.24) is 14.7 Å². The zero-order chi connectivity index (χ0) is 15.1. The fourth-order valence-corrected chi connectivity index (χ4v) is 5.99. The Labute approximate surface area is 137 Å². The van der Waals surface area contributed by atoms with Crippen molar-refractivity contribution in [2.24, 2.45) is 17.8 Å². The Morgan fingerprint density at radius 2 is 1.41 bits per heavy atom. The molecule has 0 bridgehead atoms. The van der Waals surface area contributed by atoms with Crippen molar-refractivity contribution in [3.05, 3.63) is 0 Å². The Bertz CT molecular complexity index is 363. The van der Waals surface area contributed by atoms with Crippen LogP contribution >= 0.6 is 0 Å². The average molecular weight is 306 g/mol. The average Bonchev–Trinajstić information content (AvgIpc) is 3.05. The largest absolute Gasteiger partial charge is 0.305 e. The van der Waals surface area contributed by atoms with E-state index in [9.17, 15) is 0 Å². The van der Waals surface area contributed by atoms with E-state index in [0.717, 1.165) is 29.8 Å². The molecule has 3 heterocycles. The van der Waals surface area contributed by atoms with E-state index in [4.69, 9.17) is 0 Å². The fourth-order valence-electron chi connectivity index (χ4n) is 5.99. The van der Waals surface area contributed by atoms with Gasteiger partial charge in [0.15, 0.2) is 0 Å². The molecule has 0 radical (unpaired) electrons. The van der Waals surface area contributed by atoms with Crippen LogP contribution in [0.5, 0.6) is 0 Å². The molecule has 0 aromatic rings. The number of nitrogens with zero attached hydrogens (tertiary/aromatic N) is 3. The Hall–Kier alpha value is -0.120. The van der Waals surface area contributed by atoms with Gasteiger partial charge in [0.2, 0.25) is 0 Å². The summed E-state index contributed by atoms with van der Waals surface area (Å²) in [4.78, 5) is 8.22. The van der Waals surface area contributed by atoms with Gasteiger partial charge in [-0.05, 0) is 83.0 Å². The molecule has 4 fully saturated rings. The van der Waals surface area contributed by atoms with Crippen molar-refractivity contribution in [2.75, 3.05) is 46.3 Å². The monoisotopic (exact) mass is 305 g/mol. The minimum Gasteiger partial charge on any atom is -0.305 e. The van der Waals surface area contributed by atoms with E-state index < -0.39 is 0 Å². The molecule has 126 valence electrons. The van der Waals surface area contributed by atoms with Crippen LogP contribution in [0.2, 0.25) is 0 Å². The third-order valence-corrected chi connectivity index (χ3v) is 7.15. The molecule has 0 spiro atoms. The highest BCUT2D eigenvalue weighted by Gasteiger charge is 2.42. The minimum absolute atomic E-state index is 0.846. The van der Waals surface area contributed by atoms with E-state index >= 15 is 0 Å². The third kappa shape index (κ3) is 3.09. The summed E-state index contributed by atoms with van der Waals surface area (Å²) in [7, 11) is 2.29. The van der Waals surface area contributed by atoms with E-state index in [1.165, 1.54) is 77.8 Å². The second kappa shape index (κ2) is 6.41. The molecule has 3 heteroatoms. The van der Waals surface area contributed by atoms with Gasteiger partial charge in [-0.1, -0.05) is 6.92 Å². The summed E-state index contributed by atoms with van der Waals surface area (Å²) in [5, 5.41) is 0. The zero-order valence-electron chi connectivity index (χ0n) is 14.7. The number of piperidine rings is 2. The van der Waals surface area contributed by atoms with Crippen LogP contribution in [0.1, 0.15) is 45.4 Å². The Morgan fingerprint density at radius 1 is 0.727 bits per heavy atom. The third-order valence-electron chi connectivity index (χ3n) is 7.15. The molecule has 4 rings (SSSR count). The molecule has 3 saturated heterocycles. The second-order valence-corrected chi connectivity index (χ2v) is 8.88. The van der Waals surface area contributed by atoms with Gasteiger partial charge in [-0.25, -0.2) is 0 Å². The molecule has 0 aromatic heterocycles. The summed E-state index contributed by atoms with van der Waals surface area (Å²) >= 11 is 0. The standard InChI is InChI=1S/C19H35N3/c1-15-10-16-12-22(13-17(16)11-15)18-5-8-21(9-6-18)19-4-3-7-20(2)14-19/h15-19H,3-14H2,1-2H3. The number of hydrogen-bond donors (Lipinski definition) is 0. The molecule has 4 aliphatic rings. The number of rotatable bonds is 2. The van der Waals surface area contributed by atoms with Crippen LogP contribution in [0.25, 0.3) is 0 Å². The number of hydrogen-bond acceptors (Lipinski definition) is 3. The summed E-state index contributed by atoms with van der Waals surface area (Å²) < 4.78 is 0. The van der Waals surface area contributed by atoms with Crippen LogP contribution < -0.4 is 0 Å². The first-order valence-corrected chi connectivity index (χ1v) is 9.85. The van der Waals surface area contributed by atoms with Gasteiger partial charge in [-0.3, -0.25) is 9.80 Å². The fraction of sp³-hybridized carbons (Fsp3) is 1.00. The number of likely N-dealkylation sites (tertiary alicyclic amines) is 3. The molecular weight excluding hydrogens is 270 g/mol. The van der Waals surface area contributed by atoms with E-state index in [1.807, 2.05) is 0 Å². The van der Waals surface area contributed by atoms with Gasteiger partial charge in [0, 0.05) is 31.7 Å². The van der Waals surface area contributed by atoms with E-state index in [-0.39, 0.29) is 0 Å². The molecule has 1 aliphatic carbocycles. The second-order valence-electron chi connectivity index (χ2n) is 8.88. The Balaban J connectivity index is 1.26. The highest BCUT2D eigenvalue weighted by atomic mass is 15.3. The molecule has 0 aromatic carbocycles. The van der Waals surface area contributed by atoms with E-state index in [1.54, 1.807) is 0 Å². The first-order chi connectivity index (χ1) is 10.7. The maximum atomic E-state index is 2.88. The number of likely N-dealkylation sites (N-methyl/N-ethyl adjacent to an activating group) is 1. The molecule has 1 saturated carbocycles. The zero-order valence-corrected chi connectivity index (χ0v) is 14.7. The number of fused-ring (bicyclic) bond motifs is 1. The smallest absolute Gasteiger partial charge is 0.0223 e. The normalized spacial score (nSPS) is 42.8. The molecule has 3 nitrogen and oxygen atoms in total.